The molecule has 1 aromatic carbocycles. The summed E-state index contributed by atoms with van der Waals surface area (Å²) in [5.41, 5.74) is 0.762. The van der Waals surface area contributed by atoms with Crippen LogP contribution in [0.4, 0.5) is 5.69 Å². The summed E-state index contributed by atoms with van der Waals surface area (Å²) in [6.07, 6.45) is 6.65. The van der Waals surface area contributed by atoms with Crippen LogP contribution in [-0.4, -0.2) is 80.4 Å². The fraction of sp³-hybridized carbons (Fsp3) is 0.567. The highest BCUT2D eigenvalue weighted by molar-refractivity contribution is 8.02. The average Bonchev–Trinajstić information content (AvgIpc) is 3.49. The lowest BCUT2D eigenvalue weighted by Crippen LogP contribution is -2.57. The Morgan fingerprint density at radius 2 is 1.87 bits per heavy atom. The number of aliphatic hydroxyl groups is 1. The van der Waals surface area contributed by atoms with Gasteiger partial charge < -0.3 is 19.8 Å². The summed E-state index contributed by atoms with van der Waals surface area (Å²) in [5.74, 6) is -1.62. The molecule has 8 heteroatoms. The maximum atomic E-state index is 14.4. The Hall–Kier alpha value is -2.58. The molecule has 1 aromatic rings. The van der Waals surface area contributed by atoms with Crippen molar-refractivity contribution in [1.29, 1.82) is 0 Å². The summed E-state index contributed by atoms with van der Waals surface area (Å²) in [6, 6.07) is 8.21. The van der Waals surface area contributed by atoms with Crippen LogP contribution in [0.2, 0.25) is 0 Å². The first-order chi connectivity index (χ1) is 18.2. The minimum absolute atomic E-state index is 0.106. The number of para-hydroxylation sites is 1. The molecule has 6 atom stereocenters. The minimum atomic E-state index is -0.729. The van der Waals surface area contributed by atoms with Crippen LogP contribution in [0.5, 0.6) is 0 Å². The van der Waals surface area contributed by atoms with Crippen LogP contribution in [0.1, 0.15) is 46.5 Å². The highest BCUT2D eigenvalue weighted by Crippen LogP contribution is 2.72. The van der Waals surface area contributed by atoms with Crippen molar-refractivity contribution in [2.24, 2.45) is 11.8 Å². The van der Waals surface area contributed by atoms with Crippen molar-refractivity contribution >= 4 is 35.2 Å². The second-order valence-electron chi connectivity index (χ2n) is 11.0. The number of rotatable bonds is 12. The molecule has 2 unspecified atom stereocenters. The Balaban J connectivity index is 1.79. The van der Waals surface area contributed by atoms with Gasteiger partial charge >= 0.3 is 0 Å². The van der Waals surface area contributed by atoms with Crippen molar-refractivity contribution < 1.29 is 19.5 Å². The number of likely N-dealkylation sites (tertiary alicyclic amines) is 1. The van der Waals surface area contributed by atoms with Gasteiger partial charge in [-0.05, 0) is 45.2 Å². The van der Waals surface area contributed by atoms with Crippen LogP contribution < -0.4 is 4.90 Å². The quantitative estimate of drug-likeness (QED) is 0.408. The summed E-state index contributed by atoms with van der Waals surface area (Å²) in [6.45, 7) is 14.7. The third-order valence-electron chi connectivity index (χ3n) is 8.54. The van der Waals surface area contributed by atoms with E-state index >= 15 is 0 Å². The fourth-order valence-corrected chi connectivity index (χ4v) is 9.11. The molecule has 38 heavy (non-hydrogen) atoms. The van der Waals surface area contributed by atoms with Crippen molar-refractivity contribution in [3.8, 4) is 0 Å². The van der Waals surface area contributed by atoms with Crippen molar-refractivity contribution in [1.82, 2.24) is 9.80 Å². The molecule has 7 nitrogen and oxygen atoms in total. The zero-order valence-electron chi connectivity index (χ0n) is 22.8. The van der Waals surface area contributed by atoms with Gasteiger partial charge in [0, 0.05) is 30.1 Å². The van der Waals surface area contributed by atoms with Crippen LogP contribution in [-0.2, 0) is 14.4 Å². The average molecular weight is 540 g/mol. The number of carbonyl (C=O) groups excluding carboxylic acids is 3. The Morgan fingerprint density at radius 1 is 1.18 bits per heavy atom. The summed E-state index contributed by atoms with van der Waals surface area (Å²) in [4.78, 5) is 48.0. The fourth-order valence-electron chi connectivity index (χ4n) is 6.78. The summed E-state index contributed by atoms with van der Waals surface area (Å²) in [5, 5.41) is 10.1. The second-order valence-corrected chi connectivity index (χ2v) is 12.9. The Morgan fingerprint density at radius 3 is 2.47 bits per heavy atom. The largest absolute Gasteiger partial charge is 0.394 e. The number of nitrogens with zero attached hydrogens (tertiary/aromatic N) is 3. The lowest BCUT2D eigenvalue weighted by atomic mass is 9.66. The zero-order valence-corrected chi connectivity index (χ0v) is 23.7. The van der Waals surface area contributed by atoms with Crippen LogP contribution in [0.15, 0.2) is 55.6 Å². The number of hydrogen-bond donors (Lipinski definition) is 1. The van der Waals surface area contributed by atoms with Crippen LogP contribution in [0.3, 0.4) is 0 Å². The highest BCUT2D eigenvalue weighted by atomic mass is 32.2. The highest BCUT2D eigenvalue weighted by Gasteiger charge is 2.77. The molecule has 0 saturated carbocycles. The molecule has 1 N–H and O–H groups in total. The molecule has 1 spiro atoms. The monoisotopic (exact) mass is 539 g/mol. The zero-order chi connectivity index (χ0) is 27.7. The molecular formula is C30H41N3O4S. The molecule has 206 valence electrons. The van der Waals surface area contributed by atoms with Crippen LogP contribution in [0.25, 0.3) is 0 Å². The van der Waals surface area contributed by atoms with Gasteiger partial charge in [-0.3, -0.25) is 14.4 Å². The molecule has 3 saturated heterocycles. The standard InChI is InChI=1S/C30H41N3O4S/c1-6-9-19-31(17-7-2)28(37)25-30-16-15-29(5,38-30)23(24(30)27(36)33(25)21(4)20-34)26(35)32(18-8-3)22-13-11-10-12-14-22/h7-8,10-14,21,23-25,34H,2-3,6,9,15-20H2,1,4-5H3/t21-,23-,24+,25?,29+,30?/m1/s1. The molecule has 3 amide bonds. The van der Waals surface area contributed by atoms with E-state index in [0.29, 0.717) is 26.1 Å². The first-order valence-electron chi connectivity index (χ1n) is 13.7. The van der Waals surface area contributed by atoms with Gasteiger partial charge in [-0.15, -0.1) is 24.9 Å². The van der Waals surface area contributed by atoms with Gasteiger partial charge in [0.25, 0.3) is 0 Å². The molecule has 0 radical (unpaired) electrons. The molecule has 3 fully saturated rings. The van der Waals surface area contributed by atoms with E-state index < -0.39 is 33.4 Å². The van der Waals surface area contributed by atoms with Gasteiger partial charge in [0.05, 0.1) is 29.2 Å². The van der Waals surface area contributed by atoms with Gasteiger partial charge in [0.1, 0.15) is 6.04 Å². The number of benzene rings is 1. The van der Waals surface area contributed by atoms with E-state index in [1.165, 1.54) is 0 Å². The number of thioether (sulfide) groups is 1. The predicted octanol–water partition coefficient (Wildman–Crippen LogP) is 3.88. The van der Waals surface area contributed by atoms with Crippen LogP contribution >= 0.6 is 11.8 Å². The Labute approximate surface area is 230 Å². The lowest BCUT2D eigenvalue weighted by Gasteiger charge is -2.39. The van der Waals surface area contributed by atoms with E-state index in [9.17, 15) is 19.5 Å². The van der Waals surface area contributed by atoms with E-state index in [-0.39, 0.29) is 24.3 Å². The normalized spacial score (nSPS) is 30.2. The van der Waals surface area contributed by atoms with Gasteiger partial charge in [0.2, 0.25) is 17.7 Å². The third-order valence-corrected chi connectivity index (χ3v) is 10.5. The molecule has 3 heterocycles. The SMILES string of the molecule is C=CCN(CCCC)C(=O)C1N([C@H](C)CO)C(=O)[C@@H]2[C@H](C(=O)N(CC=C)c3ccccc3)[C@]3(C)CCC12S3. The van der Waals surface area contributed by atoms with Crippen LogP contribution in [0, 0.1) is 11.8 Å². The van der Waals surface area contributed by atoms with Gasteiger partial charge in [-0.1, -0.05) is 43.7 Å². The molecular weight excluding hydrogens is 498 g/mol. The maximum Gasteiger partial charge on any atom is 0.247 e. The van der Waals surface area contributed by atoms with E-state index in [1.54, 1.807) is 45.5 Å². The third kappa shape index (κ3) is 4.49. The molecule has 3 aliphatic heterocycles. The van der Waals surface area contributed by atoms with E-state index in [4.69, 9.17) is 0 Å². The molecule has 0 aliphatic carbocycles. The van der Waals surface area contributed by atoms with Gasteiger partial charge in [0.15, 0.2) is 0 Å². The Bertz CT molecular complexity index is 1080. The van der Waals surface area contributed by atoms with Gasteiger partial charge in [-0.2, -0.15) is 0 Å². The number of amides is 3. The topological polar surface area (TPSA) is 81.2 Å². The van der Waals surface area contributed by atoms with Crippen molar-refractivity contribution in [3.63, 3.8) is 0 Å². The summed E-state index contributed by atoms with van der Waals surface area (Å²) >= 11 is 1.66. The predicted molar refractivity (Wildman–Crippen MR) is 153 cm³/mol. The van der Waals surface area contributed by atoms with Crippen molar-refractivity contribution in [2.45, 2.75) is 68.0 Å². The van der Waals surface area contributed by atoms with Crippen molar-refractivity contribution in [2.75, 3.05) is 31.1 Å². The van der Waals surface area contributed by atoms with E-state index in [0.717, 1.165) is 24.9 Å². The number of fused-ring (bicyclic) bond motifs is 1. The van der Waals surface area contributed by atoms with E-state index in [2.05, 4.69) is 27.0 Å². The number of unbranched alkanes of at least 4 members (excludes halogenated alkanes) is 1. The molecule has 0 aromatic heterocycles. The first kappa shape index (κ1) is 28.4. The maximum absolute atomic E-state index is 14.4. The summed E-state index contributed by atoms with van der Waals surface area (Å²) < 4.78 is -1.18. The lowest BCUT2D eigenvalue weighted by molar-refractivity contribution is -0.145. The number of carbonyl (C=O) groups is 3. The number of aliphatic hydroxyl groups excluding tert-OH is 1. The molecule has 4 rings (SSSR count). The van der Waals surface area contributed by atoms with Crippen molar-refractivity contribution in [3.05, 3.63) is 55.6 Å². The van der Waals surface area contributed by atoms with Gasteiger partial charge in [-0.25, -0.2) is 0 Å². The Kier molecular flexibility index (Phi) is 8.43. The molecule has 3 aliphatic rings. The smallest absolute Gasteiger partial charge is 0.247 e. The minimum Gasteiger partial charge on any atom is -0.394 e. The van der Waals surface area contributed by atoms with E-state index in [1.807, 2.05) is 30.3 Å². The number of hydrogen-bond acceptors (Lipinski definition) is 5. The second kappa shape index (κ2) is 11.3. The number of anilines is 1. The first-order valence-corrected chi connectivity index (χ1v) is 14.5. The molecule has 2 bridgehead atoms. The summed E-state index contributed by atoms with van der Waals surface area (Å²) in [7, 11) is 0.